The van der Waals surface area contributed by atoms with Crippen LogP contribution in [0, 0.1) is 5.92 Å². The number of hydrogen-bond acceptors (Lipinski definition) is 1. The van der Waals surface area contributed by atoms with Crippen LogP contribution in [-0.4, -0.2) is 12.6 Å². The predicted molar refractivity (Wildman–Crippen MR) is 82.0 cm³/mol. The molecule has 0 aromatic heterocycles. The maximum absolute atomic E-state index is 3.71. The zero-order valence-electron chi connectivity index (χ0n) is 12.8. The van der Waals surface area contributed by atoms with Gasteiger partial charge in [0.1, 0.15) is 0 Å². The molecule has 0 amide bonds. The fourth-order valence-electron chi connectivity index (χ4n) is 3.23. The Balaban J connectivity index is 2.30. The Morgan fingerprint density at radius 3 is 1.72 bits per heavy atom. The van der Waals surface area contributed by atoms with Crippen LogP contribution >= 0.6 is 0 Å². The molecular formula is C17H35N. The summed E-state index contributed by atoms with van der Waals surface area (Å²) < 4.78 is 0. The molecule has 1 saturated carbocycles. The molecule has 0 aromatic carbocycles. The minimum atomic E-state index is 0.730. The molecule has 1 rings (SSSR count). The summed E-state index contributed by atoms with van der Waals surface area (Å²) in [7, 11) is 0. The standard InChI is InChI=1S/C17H35N/c1-3-15-18-16(2)17-13-11-9-7-5-4-6-8-10-12-14-17/h16-18H,3-15H2,1-2H3. The van der Waals surface area contributed by atoms with Crippen molar-refractivity contribution >= 4 is 0 Å². The molecular weight excluding hydrogens is 218 g/mol. The third-order valence-electron chi connectivity index (χ3n) is 4.57. The van der Waals surface area contributed by atoms with Gasteiger partial charge in [-0.25, -0.2) is 0 Å². The van der Waals surface area contributed by atoms with Gasteiger partial charge in [-0.3, -0.25) is 0 Å². The van der Waals surface area contributed by atoms with E-state index in [2.05, 4.69) is 19.2 Å². The third kappa shape index (κ3) is 7.41. The smallest absolute Gasteiger partial charge is 0.00669 e. The maximum Gasteiger partial charge on any atom is 0.00669 e. The van der Waals surface area contributed by atoms with Crippen LogP contribution < -0.4 is 5.32 Å². The van der Waals surface area contributed by atoms with Crippen molar-refractivity contribution in [3.05, 3.63) is 0 Å². The minimum absolute atomic E-state index is 0.730. The minimum Gasteiger partial charge on any atom is -0.314 e. The van der Waals surface area contributed by atoms with Crippen LogP contribution in [0.1, 0.15) is 90.9 Å². The zero-order chi connectivity index (χ0) is 13.1. The van der Waals surface area contributed by atoms with Crippen LogP contribution in [0.15, 0.2) is 0 Å². The molecule has 0 aromatic rings. The Kier molecular flexibility index (Phi) is 9.65. The van der Waals surface area contributed by atoms with E-state index in [0.717, 1.165) is 12.0 Å². The molecule has 0 aliphatic heterocycles. The van der Waals surface area contributed by atoms with Crippen molar-refractivity contribution in [1.82, 2.24) is 5.32 Å². The topological polar surface area (TPSA) is 12.0 Å². The van der Waals surface area contributed by atoms with Gasteiger partial charge >= 0.3 is 0 Å². The van der Waals surface area contributed by atoms with Gasteiger partial charge in [-0.2, -0.15) is 0 Å². The predicted octanol–water partition coefficient (Wildman–Crippen LogP) is 5.30. The highest BCUT2D eigenvalue weighted by atomic mass is 14.9. The van der Waals surface area contributed by atoms with E-state index in [1.54, 1.807) is 0 Å². The Morgan fingerprint density at radius 1 is 0.833 bits per heavy atom. The van der Waals surface area contributed by atoms with Crippen LogP contribution in [0.5, 0.6) is 0 Å². The quantitative estimate of drug-likeness (QED) is 0.717. The molecule has 0 saturated heterocycles. The van der Waals surface area contributed by atoms with Gasteiger partial charge in [0.15, 0.2) is 0 Å². The van der Waals surface area contributed by atoms with Gasteiger partial charge in [-0.05, 0) is 38.6 Å². The molecule has 1 N–H and O–H groups in total. The fourth-order valence-corrected chi connectivity index (χ4v) is 3.23. The second-order valence-corrected chi connectivity index (χ2v) is 6.26. The Bertz CT molecular complexity index is 166. The van der Waals surface area contributed by atoms with E-state index < -0.39 is 0 Å². The van der Waals surface area contributed by atoms with E-state index in [1.807, 2.05) is 0 Å². The highest BCUT2D eigenvalue weighted by Gasteiger charge is 2.16. The lowest BCUT2D eigenvalue weighted by Crippen LogP contribution is -2.34. The molecule has 1 aliphatic rings. The van der Waals surface area contributed by atoms with Crippen LogP contribution in [0.3, 0.4) is 0 Å². The molecule has 0 spiro atoms. The average Bonchev–Trinajstić information content (AvgIpc) is 2.36. The molecule has 0 bridgehead atoms. The normalized spacial score (nSPS) is 23.0. The Morgan fingerprint density at radius 2 is 1.28 bits per heavy atom. The van der Waals surface area contributed by atoms with Crippen molar-refractivity contribution in [2.75, 3.05) is 6.54 Å². The van der Waals surface area contributed by atoms with E-state index in [9.17, 15) is 0 Å². The van der Waals surface area contributed by atoms with Crippen molar-refractivity contribution in [3.63, 3.8) is 0 Å². The molecule has 1 fully saturated rings. The van der Waals surface area contributed by atoms with Gasteiger partial charge in [-0.15, -0.1) is 0 Å². The highest BCUT2D eigenvalue weighted by Crippen LogP contribution is 2.23. The van der Waals surface area contributed by atoms with Gasteiger partial charge in [0.2, 0.25) is 0 Å². The first-order chi connectivity index (χ1) is 8.84. The molecule has 0 radical (unpaired) electrons. The van der Waals surface area contributed by atoms with Crippen molar-refractivity contribution in [2.24, 2.45) is 5.92 Å². The van der Waals surface area contributed by atoms with E-state index in [0.29, 0.717) is 0 Å². The maximum atomic E-state index is 3.71. The molecule has 1 aliphatic carbocycles. The van der Waals surface area contributed by atoms with Gasteiger partial charge < -0.3 is 5.32 Å². The summed E-state index contributed by atoms with van der Waals surface area (Å²) in [6.07, 6.45) is 17.4. The molecule has 1 atom stereocenters. The van der Waals surface area contributed by atoms with Gasteiger partial charge in [0.05, 0.1) is 0 Å². The summed E-state index contributed by atoms with van der Waals surface area (Å²) in [5, 5.41) is 3.71. The lowest BCUT2D eigenvalue weighted by molar-refractivity contribution is 0.310. The monoisotopic (exact) mass is 253 g/mol. The lowest BCUT2D eigenvalue weighted by atomic mass is 9.88. The summed E-state index contributed by atoms with van der Waals surface area (Å²) in [5.41, 5.74) is 0. The van der Waals surface area contributed by atoms with Crippen LogP contribution in [0.4, 0.5) is 0 Å². The first kappa shape index (κ1) is 16.0. The summed E-state index contributed by atoms with van der Waals surface area (Å²) in [6, 6.07) is 0.730. The second kappa shape index (κ2) is 10.8. The molecule has 0 heterocycles. The fraction of sp³-hybridized carbons (Fsp3) is 1.00. The van der Waals surface area contributed by atoms with Crippen molar-refractivity contribution in [1.29, 1.82) is 0 Å². The van der Waals surface area contributed by atoms with E-state index >= 15 is 0 Å². The van der Waals surface area contributed by atoms with E-state index in [4.69, 9.17) is 0 Å². The van der Waals surface area contributed by atoms with Gasteiger partial charge in [0, 0.05) is 6.04 Å². The van der Waals surface area contributed by atoms with E-state index in [1.165, 1.54) is 83.6 Å². The summed E-state index contributed by atoms with van der Waals surface area (Å²) >= 11 is 0. The molecule has 1 heteroatoms. The highest BCUT2D eigenvalue weighted by molar-refractivity contribution is 4.73. The van der Waals surface area contributed by atoms with Gasteiger partial charge in [-0.1, -0.05) is 64.7 Å². The summed E-state index contributed by atoms with van der Waals surface area (Å²) in [6.45, 7) is 5.87. The Labute approximate surface area is 115 Å². The molecule has 1 nitrogen and oxygen atoms in total. The molecule has 1 unspecified atom stereocenters. The average molecular weight is 253 g/mol. The Hall–Kier alpha value is -0.0400. The zero-order valence-corrected chi connectivity index (χ0v) is 12.8. The van der Waals surface area contributed by atoms with Crippen molar-refractivity contribution in [3.8, 4) is 0 Å². The number of nitrogens with one attached hydrogen (secondary N) is 1. The second-order valence-electron chi connectivity index (χ2n) is 6.26. The summed E-state index contributed by atoms with van der Waals surface area (Å²) in [5.74, 6) is 0.927. The number of hydrogen-bond donors (Lipinski definition) is 1. The van der Waals surface area contributed by atoms with Crippen LogP contribution in [0.2, 0.25) is 0 Å². The molecule has 18 heavy (non-hydrogen) atoms. The SMILES string of the molecule is CCCNC(C)C1CCCCCCCCCCC1. The first-order valence-electron chi connectivity index (χ1n) is 8.58. The first-order valence-corrected chi connectivity index (χ1v) is 8.58. The molecule has 108 valence electrons. The van der Waals surface area contributed by atoms with Gasteiger partial charge in [0.25, 0.3) is 0 Å². The van der Waals surface area contributed by atoms with Crippen LogP contribution in [-0.2, 0) is 0 Å². The van der Waals surface area contributed by atoms with E-state index in [-0.39, 0.29) is 0 Å². The van der Waals surface area contributed by atoms with Crippen LogP contribution in [0.25, 0.3) is 0 Å². The largest absolute Gasteiger partial charge is 0.314 e. The third-order valence-corrected chi connectivity index (χ3v) is 4.57. The lowest BCUT2D eigenvalue weighted by Gasteiger charge is -2.25. The van der Waals surface area contributed by atoms with Crippen molar-refractivity contribution in [2.45, 2.75) is 96.9 Å². The van der Waals surface area contributed by atoms with Crippen molar-refractivity contribution < 1.29 is 0 Å². The summed E-state index contributed by atoms with van der Waals surface area (Å²) in [4.78, 5) is 0. The number of rotatable bonds is 4.